The quantitative estimate of drug-likeness (QED) is 0.559. The SMILES string of the molecule is CCCC[C@H](C)CCCC(=O)Cl. The highest BCUT2D eigenvalue weighted by Gasteiger charge is 2.02. The monoisotopic (exact) mass is 190 g/mol. The highest BCUT2D eigenvalue weighted by molar-refractivity contribution is 6.63. The number of hydrogen-bond donors (Lipinski definition) is 0. The van der Waals surface area contributed by atoms with E-state index in [0.717, 1.165) is 18.8 Å². The van der Waals surface area contributed by atoms with Gasteiger partial charge in [0.1, 0.15) is 0 Å². The van der Waals surface area contributed by atoms with Crippen molar-refractivity contribution in [2.24, 2.45) is 5.92 Å². The summed E-state index contributed by atoms with van der Waals surface area (Å²) in [5.74, 6) is 0.751. The lowest BCUT2D eigenvalue weighted by atomic mass is 9.98. The average molecular weight is 191 g/mol. The van der Waals surface area contributed by atoms with Crippen LogP contribution in [0.2, 0.25) is 0 Å². The van der Waals surface area contributed by atoms with Crippen molar-refractivity contribution in [3.63, 3.8) is 0 Å². The van der Waals surface area contributed by atoms with E-state index in [9.17, 15) is 4.79 Å². The van der Waals surface area contributed by atoms with Crippen LogP contribution in [0, 0.1) is 5.92 Å². The zero-order valence-electron chi connectivity index (χ0n) is 8.11. The first-order valence-electron chi connectivity index (χ1n) is 4.85. The molecule has 72 valence electrons. The molecule has 0 aliphatic heterocycles. The summed E-state index contributed by atoms with van der Waals surface area (Å²) in [6.07, 6.45) is 6.48. The maximum absolute atomic E-state index is 10.4. The van der Waals surface area contributed by atoms with Crippen LogP contribution >= 0.6 is 11.6 Å². The van der Waals surface area contributed by atoms with Gasteiger partial charge in [-0.1, -0.05) is 39.5 Å². The number of hydrogen-bond acceptors (Lipinski definition) is 1. The van der Waals surface area contributed by atoms with Crippen LogP contribution in [0.3, 0.4) is 0 Å². The van der Waals surface area contributed by atoms with E-state index in [4.69, 9.17) is 11.6 Å². The summed E-state index contributed by atoms with van der Waals surface area (Å²) in [6, 6.07) is 0. The predicted molar refractivity (Wildman–Crippen MR) is 53.4 cm³/mol. The Kier molecular flexibility index (Phi) is 7.58. The van der Waals surface area contributed by atoms with Crippen LogP contribution in [-0.2, 0) is 4.79 Å². The van der Waals surface area contributed by atoms with Crippen LogP contribution in [-0.4, -0.2) is 5.24 Å². The van der Waals surface area contributed by atoms with Gasteiger partial charge in [0.05, 0.1) is 0 Å². The molecule has 0 aliphatic rings. The fourth-order valence-electron chi connectivity index (χ4n) is 1.29. The summed E-state index contributed by atoms with van der Waals surface area (Å²) < 4.78 is 0. The lowest BCUT2D eigenvalue weighted by molar-refractivity contribution is -0.111. The van der Waals surface area contributed by atoms with Crippen molar-refractivity contribution < 1.29 is 4.79 Å². The highest BCUT2D eigenvalue weighted by atomic mass is 35.5. The van der Waals surface area contributed by atoms with Crippen molar-refractivity contribution in [2.75, 3.05) is 0 Å². The smallest absolute Gasteiger partial charge is 0.221 e. The molecule has 0 fully saturated rings. The van der Waals surface area contributed by atoms with E-state index in [1.54, 1.807) is 0 Å². The molecule has 0 aromatic heterocycles. The average Bonchev–Trinajstić information content (AvgIpc) is 2.00. The van der Waals surface area contributed by atoms with Crippen molar-refractivity contribution in [2.45, 2.75) is 52.4 Å². The maximum atomic E-state index is 10.4. The van der Waals surface area contributed by atoms with E-state index < -0.39 is 0 Å². The van der Waals surface area contributed by atoms with Crippen molar-refractivity contribution in [3.05, 3.63) is 0 Å². The molecular formula is C10H19ClO. The molecule has 0 radical (unpaired) electrons. The molecule has 2 heteroatoms. The zero-order chi connectivity index (χ0) is 9.40. The first kappa shape index (κ1) is 12.0. The Bertz CT molecular complexity index is 123. The first-order chi connectivity index (χ1) is 5.66. The molecule has 12 heavy (non-hydrogen) atoms. The molecule has 0 unspecified atom stereocenters. The summed E-state index contributed by atoms with van der Waals surface area (Å²) in [4.78, 5) is 10.4. The minimum Gasteiger partial charge on any atom is -0.281 e. The maximum Gasteiger partial charge on any atom is 0.221 e. The Morgan fingerprint density at radius 2 is 1.92 bits per heavy atom. The molecule has 0 aromatic carbocycles. The van der Waals surface area contributed by atoms with Crippen LogP contribution in [0.5, 0.6) is 0 Å². The molecule has 0 amide bonds. The third-order valence-corrected chi connectivity index (χ3v) is 2.31. The lowest BCUT2D eigenvalue weighted by Gasteiger charge is -2.08. The number of carbonyl (C=O) groups is 1. The number of carbonyl (C=O) groups excluding carboxylic acids is 1. The van der Waals surface area contributed by atoms with Gasteiger partial charge in [-0.15, -0.1) is 0 Å². The molecule has 0 saturated carbocycles. The molecule has 0 aromatic rings. The minimum atomic E-state index is -0.197. The fraction of sp³-hybridized carbons (Fsp3) is 0.900. The summed E-state index contributed by atoms with van der Waals surface area (Å²) in [5, 5.41) is -0.197. The first-order valence-corrected chi connectivity index (χ1v) is 5.23. The van der Waals surface area contributed by atoms with E-state index in [2.05, 4.69) is 13.8 Å². The van der Waals surface area contributed by atoms with Gasteiger partial charge in [0.2, 0.25) is 5.24 Å². The lowest BCUT2D eigenvalue weighted by Crippen LogP contribution is -1.96. The Morgan fingerprint density at radius 1 is 1.33 bits per heavy atom. The summed E-state index contributed by atoms with van der Waals surface area (Å²) in [7, 11) is 0. The van der Waals surface area contributed by atoms with E-state index in [1.807, 2.05) is 0 Å². The van der Waals surface area contributed by atoms with Gasteiger partial charge in [-0.05, 0) is 23.9 Å². The summed E-state index contributed by atoms with van der Waals surface area (Å²) in [6.45, 7) is 4.45. The normalized spacial score (nSPS) is 12.9. The van der Waals surface area contributed by atoms with Crippen molar-refractivity contribution >= 4 is 16.8 Å². The van der Waals surface area contributed by atoms with Gasteiger partial charge >= 0.3 is 0 Å². The van der Waals surface area contributed by atoms with E-state index >= 15 is 0 Å². The Balaban J connectivity index is 3.19. The summed E-state index contributed by atoms with van der Waals surface area (Å²) >= 11 is 5.23. The van der Waals surface area contributed by atoms with Crippen LogP contribution in [0.1, 0.15) is 52.4 Å². The molecule has 1 atom stereocenters. The van der Waals surface area contributed by atoms with E-state index in [1.165, 1.54) is 19.3 Å². The molecule has 0 bridgehead atoms. The van der Waals surface area contributed by atoms with Crippen molar-refractivity contribution in [1.82, 2.24) is 0 Å². The Hall–Kier alpha value is -0.0400. The van der Waals surface area contributed by atoms with Gasteiger partial charge in [0, 0.05) is 6.42 Å². The predicted octanol–water partition coefficient (Wildman–Crippen LogP) is 3.75. The van der Waals surface area contributed by atoms with Gasteiger partial charge in [-0.2, -0.15) is 0 Å². The third-order valence-electron chi connectivity index (χ3n) is 2.12. The van der Waals surface area contributed by atoms with Crippen molar-refractivity contribution in [1.29, 1.82) is 0 Å². The largest absolute Gasteiger partial charge is 0.281 e. The molecule has 0 N–H and O–H groups in total. The summed E-state index contributed by atoms with van der Waals surface area (Å²) in [5.41, 5.74) is 0. The van der Waals surface area contributed by atoms with Crippen LogP contribution in [0.15, 0.2) is 0 Å². The molecule has 0 saturated heterocycles. The highest BCUT2D eigenvalue weighted by Crippen LogP contribution is 2.15. The molecular weight excluding hydrogens is 172 g/mol. The number of rotatable bonds is 7. The number of halogens is 1. The molecule has 0 spiro atoms. The third kappa shape index (κ3) is 8.06. The second-order valence-electron chi connectivity index (χ2n) is 3.49. The fourth-order valence-corrected chi connectivity index (χ4v) is 1.42. The molecule has 0 aliphatic carbocycles. The van der Waals surface area contributed by atoms with E-state index in [-0.39, 0.29) is 5.24 Å². The molecule has 1 nitrogen and oxygen atoms in total. The van der Waals surface area contributed by atoms with Crippen LogP contribution < -0.4 is 0 Å². The second-order valence-corrected chi connectivity index (χ2v) is 3.92. The Labute approximate surface area is 80.5 Å². The van der Waals surface area contributed by atoms with Gasteiger partial charge in [-0.25, -0.2) is 0 Å². The van der Waals surface area contributed by atoms with Crippen LogP contribution in [0.4, 0.5) is 0 Å². The van der Waals surface area contributed by atoms with Gasteiger partial charge in [0.15, 0.2) is 0 Å². The van der Waals surface area contributed by atoms with Crippen LogP contribution in [0.25, 0.3) is 0 Å². The minimum absolute atomic E-state index is 0.197. The van der Waals surface area contributed by atoms with Gasteiger partial charge in [-0.3, -0.25) is 4.79 Å². The Morgan fingerprint density at radius 3 is 2.42 bits per heavy atom. The standard InChI is InChI=1S/C10H19ClO/c1-3-4-6-9(2)7-5-8-10(11)12/h9H,3-8H2,1-2H3/t9-/m0/s1. The number of unbranched alkanes of at least 4 members (excludes halogenated alkanes) is 1. The topological polar surface area (TPSA) is 17.1 Å². The molecule has 0 heterocycles. The molecule has 0 rings (SSSR count). The van der Waals surface area contributed by atoms with Gasteiger partial charge in [0.25, 0.3) is 0 Å². The van der Waals surface area contributed by atoms with E-state index in [0.29, 0.717) is 6.42 Å². The second kappa shape index (κ2) is 7.60. The van der Waals surface area contributed by atoms with Crippen molar-refractivity contribution in [3.8, 4) is 0 Å². The zero-order valence-corrected chi connectivity index (χ0v) is 8.86. The van der Waals surface area contributed by atoms with Gasteiger partial charge < -0.3 is 0 Å².